The second-order valence-corrected chi connectivity index (χ2v) is 6.37. The molecule has 0 aliphatic carbocycles. The summed E-state index contributed by atoms with van der Waals surface area (Å²) in [6.45, 7) is 4.16. The number of amides is 3. The third kappa shape index (κ3) is 6.06. The van der Waals surface area contributed by atoms with Crippen molar-refractivity contribution in [1.29, 1.82) is 0 Å². The predicted octanol–water partition coefficient (Wildman–Crippen LogP) is 0.825. The van der Waals surface area contributed by atoms with Gasteiger partial charge >= 0.3 is 0 Å². The van der Waals surface area contributed by atoms with Crippen molar-refractivity contribution in [3.63, 3.8) is 0 Å². The zero-order valence-corrected chi connectivity index (χ0v) is 15.5. The molecule has 1 heterocycles. The molecule has 26 heavy (non-hydrogen) atoms. The number of nitrogens with zero attached hydrogens (tertiary/aromatic N) is 2. The summed E-state index contributed by atoms with van der Waals surface area (Å²) in [4.78, 5) is 39.2. The zero-order chi connectivity index (χ0) is 18.9. The molecule has 1 aliphatic heterocycles. The Labute approximate surface area is 154 Å². The molecule has 0 radical (unpaired) electrons. The minimum atomic E-state index is -0.135. The first kappa shape index (κ1) is 19.8. The van der Waals surface area contributed by atoms with Crippen LogP contribution < -0.4 is 10.1 Å². The molecular formula is C19H27N3O4. The minimum absolute atomic E-state index is 0.0169. The van der Waals surface area contributed by atoms with Crippen molar-refractivity contribution >= 4 is 17.7 Å². The van der Waals surface area contributed by atoms with Gasteiger partial charge in [-0.05, 0) is 24.1 Å². The topological polar surface area (TPSA) is 79.0 Å². The van der Waals surface area contributed by atoms with E-state index in [4.69, 9.17) is 4.74 Å². The normalized spacial score (nSPS) is 14.5. The third-order valence-corrected chi connectivity index (χ3v) is 4.43. The van der Waals surface area contributed by atoms with Crippen LogP contribution in [0.5, 0.6) is 5.75 Å². The van der Waals surface area contributed by atoms with Crippen LogP contribution in [-0.4, -0.2) is 67.4 Å². The summed E-state index contributed by atoms with van der Waals surface area (Å²) in [5.41, 5.74) is 0.947. The average molecular weight is 361 g/mol. The molecule has 0 aromatic heterocycles. The summed E-state index contributed by atoms with van der Waals surface area (Å²) in [5, 5.41) is 2.63. The van der Waals surface area contributed by atoms with Crippen molar-refractivity contribution in [2.45, 2.75) is 26.2 Å². The second-order valence-electron chi connectivity index (χ2n) is 6.37. The summed E-state index contributed by atoms with van der Waals surface area (Å²) in [6, 6.07) is 7.49. The van der Waals surface area contributed by atoms with Crippen molar-refractivity contribution in [1.82, 2.24) is 15.1 Å². The first-order valence-electron chi connectivity index (χ1n) is 8.92. The van der Waals surface area contributed by atoms with Gasteiger partial charge in [-0.2, -0.15) is 0 Å². The lowest BCUT2D eigenvalue weighted by Gasteiger charge is -2.22. The first-order chi connectivity index (χ1) is 12.5. The molecule has 1 saturated heterocycles. The van der Waals surface area contributed by atoms with Crippen LogP contribution in [0.2, 0.25) is 0 Å². The summed E-state index contributed by atoms with van der Waals surface area (Å²) in [7, 11) is 1.61. The SMILES string of the molecule is COc1ccc(CC(=O)N2CCCN(C(=O)CCNC(C)=O)CC2)cc1. The number of benzene rings is 1. The number of nitrogens with one attached hydrogen (secondary N) is 1. The zero-order valence-electron chi connectivity index (χ0n) is 15.5. The van der Waals surface area contributed by atoms with E-state index in [1.165, 1.54) is 6.92 Å². The van der Waals surface area contributed by atoms with Crippen LogP contribution in [0.15, 0.2) is 24.3 Å². The molecule has 0 bridgehead atoms. The van der Waals surface area contributed by atoms with E-state index in [1.54, 1.807) is 12.0 Å². The molecule has 2 rings (SSSR count). The Morgan fingerprint density at radius 1 is 1.00 bits per heavy atom. The van der Waals surface area contributed by atoms with Gasteiger partial charge in [-0.25, -0.2) is 0 Å². The van der Waals surface area contributed by atoms with E-state index in [0.717, 1.165) is 17.7 Å². The lowest BCUT2D eigenvalue weighted by atomic mass is 10.1. The number of hydrogen-bond donors (Lipinski definition) is 1. The fraction of sp³-hybridized carbons (Fsp3) is 0.526. The van der Waals surface area contributed by atoms with Crippen molar-refractivity contribution in [2.24, 2.45) is 0 Å². The van der Waals surface area contributed by atoms with Crippen LogP contribution >= 0.6 is 0 Å². The molecule has 1 N–H and O–H groups in total. The van der Waals surface area contributed by atoms with Crippen LogP contribution in [-0.2, 0) is 20.8 Å². The van der Waals surface area contributed by atoms with Gasteiger partial charge in [0.2, 0.25) is 17.7 Å². The van der Waals surface area contributed by atoms with Gasteiger partial charge in [-0.1, -0.05) is 12.1 Å². The molecule has 7 heteroatoms. The van der Waals surface area contributed by atoms with Crippen LogP contribution in [0.1, 0.15) is 25.3 Å². The number of carbonyl (C=O) groups excluding carboxylic acids is 3. The highest BCUT2D eigenvalue weighted by atomic mass is 16.5. The molecule has 3 amide bonds. The molecule has 1 aromatic rings. The molecule has 1 aromatic carbocycles. The maximum absolute atomic E-state index is 12.5. The Bertz CT molecular complexity index is 630. The van der Waals surface area contributed by atoms with E-state index in [-0.39, 0.29) is 17.7 Å². The van der Waals surface area contributed by atoms with Crippen LogP contribution in [0, 0.1) is 0 Å². The minimum Gasteiger partial charge on any atom is -0.497 e. The van der Waals surface area contributed by atoms with E-state index >= 15 is 0 Å². The monoisotopic (exact) mass is 361 g/mol. The Kier molecular flexibility index (Phi) is 7.44. The van der Waals surface area contributed by atoms with E-state index < -0.39 is 0 Å². The van der Waals surface area contributed by atoms with Gasteiger partial charge in [0.15, 0.2) is 0 Å². The first-order valence-corrected chi connectivity index (χ1v) is 8.92. The molecule has 0 atom stereocenters. The molecule has 1 aliphatic rings. The van der Waals surface area contributed by atoms with Gasteiger partial charge in [0.05, 0.1) is 13.5 Å². The van der Waals surface area contributed by atoms with E-state index in [1.807, 2.05) is 29.2 Å². The predicted molar refractivity (Wildman–Crippen MR) is 97.8 cm³/mol. The van der Waals surface area contributed by atoms with Crippen molar-refractivity contribution in [3.8, 4) is 5.75 Å². The Balaban J connectivity index is 1.81. The van der Waals surface area contributed by atoms with Gasteiger partial charge in [-0.3, -0.25) is 14.4 Å². The van der Waals surface area contributed by atoms with Crippen molar-refractivity contribution in [2.75, 3.05) is 39.8 Å². The molecule has 142 valence electrons. The Morgan fingerprint density at radius 3 is 2.19 bits per heavy atom. The number of methoxy groups -OCH3 is 1. The van der Waals surface area contributed by atoms with Gasteiger partial charge in [0.1, 0.15) is 5.75 Å². The fourth-order valence-electron chi connectivity index (χ4n) is 2.95. The highest BCUT2D eigenvalue weighted by Gasteiger charge is 2.21. The molecular weight excluding hydrogens is 334 g/mol. The van der Waals surface area contributed by atoms with Crippen LogP contribution in [0.25, 0.3) is 0 Å². The molecule has 0 saturated carbocycles. The van der Waals surface area contributed by atoms with E-state index in [0.29, 0.717) is 45.6 Å². The third-order valence-electron chi connectivity index (χ3n) is 4.43. The maximum Gasteiger partial charge on any atom is 0.227 e. The lowest BCUT2D eigenvalue weighted by Crippen LogP contribution is -2.38. The smallest absolute Gasteiger partial charge is 0.227 e. The van der Waals surface area contributed by atoms with Crippen LogP contribution in [0.4, 0.5) is 0 Å². The number of ether oxygens (including phenoxy) is 1. The van der Waals surface area contributed by atoms with Crippen molar-refractivity contribution < 1.29 is 19.1 Å². The molecule has 0 unspecified atom stereocenters. The summed E-state index contributed by atoms with van der Waals surface area (Å²) in [5.74, 6) is 0.722. The summed E-state index contributed by atoms with van der Waals surface area (Å²) < 4.78 is 5.13. The van der Waals surface area contributed by atoms with Crippen LogP contribution in [0.3, 0.4) is 0 Å². The van der Waals surface area contributed by atoms with Gasteiger partial charge < -0.3 is 19.9 Å². The quantitative estimate of drug-likeness (QED) is 0.814. The standard InChI is InChI=1S/C19H27N3O4/c1-15(23)20-9-8-18(24)21-10-3-11-22(13-12-21)19(25)14-16-4-6-17(26-2)7-5-16/h4-7H,3,8-14H2,1-2H3,(H,20,23). The van der Waals surface area contributed by atoms with Crippen molar-refractivity contribution in [3.05, 3.63) is 29.8 Å². The molecule has 0 spiro atoms. The van der Waals surface area contributed by atoms with E-state index in [2.05, 4.69) is 5.32 Å². The number of hydrogen-bond acceptors (Lipinski definition) is 4. The average Bonchev–Trinajstić information content (AvgIpc) is 2.88. The van der Waals surface area contributed by atoms with Gasteiger partial charge in [-0.15, -0.1) is 0 Å². The molecule has 1 fully saturated rings. The fourth-order valence-corrected chi connectivity index (χ4v) is 2.95. The lowest BCUT2D eigenvalue weighted by molar-refractivity contribution is -0.133. The molecule has 7 nitrogen and oxygen atoms in total. The largest absolute Gasteiger partial charge is 0.497 e. The number of carbonyl (C=O) groups is 3. The highest BCUT2D eigenvalue weighted by molar-refractivity contribution is 5.80. The highest BCUT2D eigenvalue weighted by Crippen LogP contribution is 2.13. The Morgan fingerprint density at radius 2 is 1.62 bits per heavy atom. The summed E-state index contributed by atoms with van der Waals surface area (Å²) >= 11 is 0. The van der Waals surface area contributed by atoms with E-state index in [9.17, 15) is 14.4 Å². The number of rotatable bonds is 6. The maximum atomic E-state index is 12.5. The summed E-state index contributed by atoms with van der Waals surface area (Å²) in [6.07, 6.45) is 1.40. The van der Waals surface area contributed by atoms with Gasteiger partial charge in [0.25, 0.3) is 0 Å². The second kappa shape index (κ2) is 9.79. The Hall–Kier alpha value is -2.57. The van der Waals surface area contributed by atoms with Gasteiger partial charge in [0, 0.05) is 46.1 Å².